The zero-order chi connectivity index (χ0) is 21.4. The summed E-state index contributed by atoms with van der Waals surface area (Å²) in [5.74, 6) is -0.00709. The van der Waals surface area contributed by atoms with Crippen LogP contribution in [0.3, 0.4) is 0 Å². The minimum Gasteiger partial charge on any atom is -0.357 e. The number of Topliss-reactive ketones (excluding diaryl/α,β-unsaturated/α-hetero) is 1. The first-order valence-electron chi connectivity index (χ1n) is 10.7. The van der Waals surface area contributed by atoms with Crippen molar-refractivity contribution in [1.29, 1.82) is 0 Å². The van der Waals surface area contributed by atoms with Gasteiger partial charge < -0.3 is 5.32 Å². The maximum atomic E-state index is 14.0. The molecule has 3 aromatic carbocycles. The lowest BCUT2D eigenvalue weighted by Gasteiger charge is -2.34. The van der Waals surface area contributed by atoms with E-state index in [0.29, 0.717) is 17.6 Å². The van der Waals surface area contributed by atoms with Crippen molar-refractivity contribution in [2.45, 2.75) is 32.2 Å². The zero-order valence-electron chi connectivity index (χ0n) is 17.5. The van der Waals surface area contributed by atoms with E-state index >= 15 is 0 Å². The molecule has 31 heavy (non-hydrogen) atoms. The highest BCUT2D eigenvalue weighted by molar-refractivity contribution is 6.11. The molecule has 1 amide bonds. The summed E-state index contributed by atoms with van der Waals surface area (Å²) in [6.45, 7) is 2.00. The molecule has 1 aliphatic carbocycles. The molecule has 1 heterocycles. The monoisotopic (exact) mass is 408 g/mol. The molecule has 0 fully saturated rings. The summed E-state index contributed by atoms with van der Waals surface area (Å²) in [7, 11) is 0. The molecule has 0 aromatic heterocycles. The molecule has 1 aliphatic heterocycles. The minimum atomic E-state index is -0.478. The van der Waals surface area contributed by atoms with Crippen molar-refractivity contribution in [3.8, 4) is 0 Å². The summed E-state index contributed by atoms with van der Waals surface area (Å²) in [6, 6.07) is 24.8. The zero-order valence-corrected chi connectivity index (χ0v) is 17.5. The fourth-order valence-electron chi connectivity index (χ4n) is 4.54. The Kier molecular flexibility index (Phi) is 4.91. The highest BCUT2D eigenvalue weighted by Crippen LogP contribution is 2.45. The van der Waals surface area contributed by atoms with Crippen LogP contribution < -0.4 is 10.2 Å². The van der Waals surface area contributed by atoms with Gasteiger partial charge in [0.05, 0.1) is 17.4 Å². The molecule has 2 aliphatic rings. The van der Waals surface area contributed by atoms with E-state index in [1.54, 1.807) is 4.90 Å². The van der Waals surface area contributed by atoms with E-state index in [-0.39, 0.29) is 11.7 Å². The molecule has 5 rings (SSSR count). The van der Waals surface area contributed by atoms with Gasteiger partial charge in [-0.3, -0.25) is 14.5 Å². The van der Waals surface area contributed by atoms with Crippen molar-refractivity contribution in [1.82, 2.24) is 0 Å². The molecule has 0 unspecified atom stereocenters. The Morgan fingerprint density at radius 1 is 0.903 bits per heavy atom. The van der Waals surface area contributed by atoms with Crippen LogP contribution in [0, 0.1) is 6.92 Å². The second-order valence-electron chi connectivity index (χ2n) is 8.17. The average Bonchev–Trinajstić information content (AvgIpc) is 2.95. The topological polar surface area (TPSA) is 49.4 Å². The molecule has 0 saturated heterocycles. The van der Waals surface area contributed by atoms with E-state index in [2.05, 4.69) is 5.32 Å². The van der Waals surface area contributed by atoms with Crippen molar-refractivity contribution >= 4 is 23.1 Å². The van der Waals surface area contributed by atoms with E-state index in [4.69, 9.17) is 0 Å². The van der Waals surface area contributed by atoms with Crippen LogP contribution in [0.5, 0.6) is 0 Å². The number of hydrogen-bond acceptors (Lipinski definition) is 3. The second kappa shape index (κ2) is 7.88. The number of aryl methyl sites for hydroxylation is 1. The Morgan fingerprint density at radius 2 is 1.61 bits per heavy atom. The lowest BCUT2D eigenvalue weighted by Crippen LogP contribution is -2.38. The predicted molar refractivity (Wildman–Crippen MR) is 123 cm³/mol. The van der Waals surface area contributed by atoms with E-state index in [9.17, 15) is 9.59 Å². The fourth-order valence-corrected chi connectivity index (χ4v) is 4.54. The molecular weight excluding hydrogens is 384 g/mol. The first kappa shape index (κ1) is 19.3. The van der Waals surface area contributed by atoms with Crippen molar-refractivity contribution in [2.24, 2.45) is 0 Å². The maximum absolute atomic E-state index is 14.0. The third kappa shape index (κ3) is 3.44. The number of benzene rings is 3. The van der Waals surface area contributed by atoms with Crippen LogP contribution in [-0.4, -0.2) is 11.7 Å². The third-order valence-corrected chi connectivity index (χ3v) is 6.07. The molecular formula is C27H24N2O2. The number of carbonyl (C=O) groups excluding carboxylic acids is 2. The molecule has 3 aromatic rings. The Bertz CT molecular complexity index is 1180. The molecule has 0 radical (unpaired) electrons. The number of rotatable bonds is 2. The predicted octanol–water partition coefficient (Wildman–Crippen LogP) is 5.82. The summed E-state index contributed by atoms with van der Waals surface area (Å²) in [5, 5.41) is 3.50. The quantitative estimate of drug-likeness (QED) is 0.582. The van der Waals surface area contributed by atoms with Gasteiger partial charge in [0.2, 0.25) is 0 Å². The van der Waals surface area contributed by atoms with Gasteiger partial charge in [-0.05, 0) is 49.6 Å². The Morgan fingerprint density at radius 3 is 2.39 bits per heavy atom. The van der Waals surface area contributed by atoms with Crippen LogP contribution in [0.15, 0.2) is 90.1 Å². The summed E-state index contributed by atoms with van der Waals surface area (Å²) in [6.07, 6.45) is 2.12. The summed E-state index contributed by atoms with van der Waals surface area (Å²) < 4.78 is 0. The van der Waals surface area contributed by atoms with Gasteiger partial charge in [0.1, 0.15) is 0 Å². The Hall–Kier alpha value is -3.66. The average molecular weight is 409 g/mol. The number of nitrogens with zero attached hydrogens (tertiary/aromatic N) is 1. The van der Waals surface area contributed by atoms with E-state index in [1.807, 2.05) is 85.8 Å². The van der Waals surface area contributed by atoms with E-state index in [0.717, 1.165) is 41.0 Å². The number of para-hydroxylation sites is 2. The lowest BCUT2D eigenvalue weighted by molar-refractivity contribution is -0.116. The van der Waals surface area contributed by atoms with Gasteiger partial charge >= 0.3 is 0 Å². The first-order chi connectivity index (χ1) is 15.1. The van der Waals surface area contributed by atoms with Crippen LogP contribution in [-0.2, 0) is 4.79 Å². The van der Waals surface area contributed by atoms with Crippen LogP contribution in [0.25, 0.3) is 0 Å². The van der Waals surface area contributed by atoms with Crippen molar-refractivity contribution in [3.63, 3.8) is 0 Å². The standard InChI is InChI=1S/C27H24N2O2/c1-18-14-16-20(17-15-18)27(31)29-23-12-6-5-10-21(23)28-22-11-7-13-24(30)25(22)26(29)19-8-3-2-4-9-19/h2-6,8-10,12,14-17,26,28H,7,11,13H2,1H3/t26-/m1/s1. The van der Waals surface area contributed by atoms with E-state index < -0.39 is 6.04 Å². The molecule has 0 bridgehead atoms. The SMILES string of the molecule is Cc1ccc(C(=O)N2c3ccccc3NC3=C(C(=O)CCC3)[C@H]2c2ccccc2)cc1. The number of allylic oxidation sites excluding steroid dienone is 1. The largest absolute Gasteiger partial charge is 0.357 e. The molecule has 4 nitrogen and oxygen atoms in total. The van der Waals surface area contributed by atoms with Gasteiger partial charge in [-0.2, -0.15) is 0 Å². The van der Waals surface area contributed by atoms with Gasteiger partial charge in [-0.15, -0.1) is 0 Å². The second-order valence-corrected chi connectivity index (χ2v) is 8.17. The number of amides is 1. The smallest absolute Gasteiger partial charge is 0.259 e. The molecule has 4 heteroatoms. The molecule has 154 valence electrons. The summed E-state index contributed by atoms with van der Waals surface area (Å²) in [5.41, 5.74) is 5.90. The molecule has 0 spiro atoms. The number of hydrogen-bond donors (Lipinski definition) is 1. The number of ketones is 1. The van der Waals surface area contributed by atoms with Gasteiger partial charge in [0, 0.05) is 23.3 Å². The van der Waals surface area contributed by atoms with Crippen LogP contribution in [0.4, 0.5) is 11.4 Å². The highest BCUT2D eigenvalue weighted by atomic mass is 16.2. The number of carbonyl (C=O) groups is 2. The maximum Gasteiger partial charge on any atom is 0.259 e. The fraction of sp³-hybridized carbons (Fsp3) is 0.185. The third-order valence-electron chi connectivity index (χ3n) is 6.07. The minimum absolute atomic E-state index is 0.108. The molecule has 1 atom stereocenters. The van der Waals surface area contributed by atoms with Crippen LogP contribution in [0.1, 0.15) is 46.8 Å². The van der Waals surface area contributed by atoms with E-state index in [1.165, 1.54) is 0 Å². The van der Waals surface area contributed by atoms with Crippen LogP contribution >= 0.6 is 0 Å². The Labute approximate surface area is 182 Å². The Balaban J connectivity index is 1.77. The van der Waals surface area contributed by atoms with Gasteiger partial charge in [0.15, 0.2) is 5.78 Å². The van der Waals surface area contributed by atoms with Crippen molar-refractivity contribution in [3.05, 3.63) is 107 Å². The highest BCUT2D eigenvalue weighted by Gasteiger charge is 2.39. The van der Waals surface area contributed by atoms with Crippen molar-refractivity contribution < 1.29 is 9.59 Å². The van der Waals surface area contributed by atoms with Gasteiger partial charge in [-0.1, -0.05) is 60.2 Å². The summed E-state index contributed by atoms with van der Waals surface area (Å²) in [4.78, 5) is 29.0. The normalized spacial score (nSPS) is 18.0. The molecule has 1 N–H and O–H groups in total. The van der Waals surface area contributed by atoms with Gasteiger partial charge in [0.25, 0.3) is 5.91 Å². The summed E-state index contributed by atoms with van der Waals surface area (Å²) >= 11 is 0. The number of anilines is 2. The van der Waals surface area contributed by atoms with Gasteiger partial charge in [-0.25, -0.2) is 0 Å². The number of nitrogens with one attached hydrogen (secondary N) is 1. The number of fused-ring (bicyclic) bond motifs is 1. The molecule has 0 saturated carbocycles. The lowest BCUT2D eigenvalue weighted by atomic mass is 9.85. The van der Waals surface area contributed by atoms with Crippen LogP contribution in [0.2, 0.25) is 0 Å². The van der Waals surface area contributed by atoms with Crippen molar-refractivity contribution in [2.75, 3.05) is 10.2 Å². The first-order valence-corrected chi connectivity index (χ1v) is 10.7.